The van der Waals surface area contributed by atoms with E-state index in [1.54, 1.807) is 0 Å². The monoisotopic (exact) mass is 280 g/mol. The van der Waals surface area contributed by atoms with Gasteiger partial charge < -0.3 is 0 Å². The molecule has 19 heavy (non-hydrogen) atoms. The van der Waals surface area contributed by atoms with Crippen molar-refractivity contribution >= 4 is 11.3 Å². The Morgan fingerprint density at radius 1 is 1.32 bits per heavy atom. The maximum absolute atomic E-state index is 5.81. The molecule has 2 nitrogen and oxygen atoms in total. The second-order valence-electron chi connectivity index (χ2n) is 6.42. The summed E-state index contributed by atoms with van der Waals surface area (Å²) in [7, 11) is 0. The third-order valence-corrected chi connectivity index (χ3v) is 5.45. The van der Waals surface area contributed by atoms with Crippen molar-refractivity contribution in [3.63, 3.8) is 0 Å². The third-order valence-electron chi connectivity index (χ3n) is 4.52. The standard InChI is InChI=1S/C16H28N2S/c1-12-9-13(2)11-14(10-12)16(18-17)7-3-5-15-6-4-8-19-15/h4,6,8,12-14,16,18H,3,5,7,9-11,17H2,1-2H3. The summed E-state index contributed by atoms with van der Waals surface area (Å²) in [6.45, 7) is 4.78. The second kappa shape index (κ2) is 7.41. The minimum absolute atomic E-state index is 0.505. The van der Waals surface area contributed by atoms with Crippen molar-refractivity contribution < 1.29 is 0 Å². The van der Waals surface area contributed by atoms with Crippen LogP contribution in [0.4, 0.5) is 0 Å². The Kier molecular flexibility index (Phi) is 5.86. The fourth-order valence-corrected chi connectivity index (χ4v) is 4.50. The minimum atomic E-state index is 0.505. The zero-order valence-corrected chi connectivity index (χ0v) is 13.1. The Hall–Kier alpha value is -0.380. The molecule has 0 aromatic carbocycles. The molecule has 0 amide bonds. The molecule has 3 unspecified atom stereocenters. The van der Waals surface area contributed by atoms with E-state index in [4.69, 9.17) is 5.84 Å². The van der Waals surface area contributed by atoms with E-state index in [2.05, 4.69) is 36.8 Å². The Morgan fingerprint density at radius 3 is 2.63 bits per heavy atom. The van der Waals surface area contributed by atoms with Crippen molar-refractivity contribution in [2.75, 3.05) is 0 Å². The summed E-state index contributed by atoms with van der Waals surface area (Å²) < 4.78 is 0. The zero-order chi connectivity index (χ0) is 13.7. The topological polar surface area (TPSA) is 38.0 Å². The number of hydrogen-bond donors (Lipinski definition) is 2. The number of hydrogen-bond acceptors (Lipinski definition) is 3. The Bertz CT molecular complexity index is 340. The van der Waals surface area contributed by atoms with Crippen LogP contribution in [0.25, 0.3) is 0 Å². The first-order chi connectivity index (χ1) is 9.19. The average molecular weight is 280 g/mol. The van der Waals surface area contributed by atoms with E-state index in [1.165, 1.54) is 43.4 Å². The van der Waals surface area contributed by atoms with E-state index in [0.717, 1.165) is 17.8 Å². The SMILES string of the molecule is CC1CC(C)CC(C(CCCc2cccs2)NN)C1. The molecule has 1 saturated carbocycles. The maximum atomic E-state index is 5.81. The van der Waals surface area contributed by atoms with Crippen LogP contribution in [0.1, 0.15) is 50.8 Å². The van der Waals surface area contributed by atoms with Gasteiger partial charge in [0.1, 0.15) is 0 Å². The minimum Gasteiger partial charge on any atom is -0.271 e. The number of thiophene rings is 1. The average Bonchev–Trinajstić information content (AvgIpc) is 2.86. The van der Waals surface area contributed by atoms with Crippen molar-refractivity contribution in [3.05, 3.63) is 22.4 Å². The molecule has 1 heterocycles. The fourth-order valence-electron chi connectivity index (χ4n) is 3.74. The highest BCUT2D eigenvalue weighted by molar-refractivity contribution is 7.09. The maximum Gasteiger partial charge on any atom is 0.0239 e. The van der Waals surface area contributed by atoms with Crippen molar-refractivity contribution in [2.24, 2.45) is 23.6 Å². The van der Waals surface area contributed by atoms with Gasteiger partial charge in [-0.2, -0.15) is 0 Å². The lowest BCUT2D eigenvalue weighted by Gasteiger charge is -2.36. The molecule has 3 N–H and O–H groups in total. The molecule has 3 heteroatoms. The van der Waals surface area contributed by atoms with Gasteiger partial charge in [0.05, 0.1) is 0 Å². The summed E-state index contributed by atoms with van der Waals surface area (Å²) in [6.07, 6.45) is 7.74. The first kappa shape index (κ1) is 15.0. The molecule has 0 radical (unpaired) electrons. The summed E-state index contributed by atoms with van der Waals surface area (Å²) in [5, 5.41) is 2.17. The Balaban J connectivity index is 1.78. The molecule has 1 aliphatic carbocycles. The predicted octanol–water partition coefficient (Wildman–Crippen LogP) is 3.98. The molecular formula is C16H28N2S. The van der Waals surface area contributed by atoms with Gasteiger partial charge in [-0.15, -0.1) is 11.3 Å². The fraction of sp³-hybridized carbons (Fsp3) is 0.750. The first-order valence-electron chi connectivity index (χ1n) is 7.67. The van der Waals surface area contributed by atoms with Gasteiger partial charge in [0.15, 0.2) is 0 Å². The van der Waals surface area contributed by atoms with Gasteiger partial charge in [0.2, 0.25) is 0 Å². The quantitative estimate of drug-likeness (QED) is 0.611. The van der Waals surface area contributed by atoms with Gasteiger partial charge in [0, 0.05) is 10.9 Å². The molecule has 1 aromatic rings. The molecule has 3 atom stereocenters. The van der Waals surface area contributed by atoms with Crippen LogP contribution in [-0.4, -0.2) is 6.04 Å². The van der Waals surface area contributed by atoms with E-state index in [9.17, 15) is 0 Å². The second-order valence-corrected chi connectivity index (χ2v) is 7.45. The predicted molar refractivity (Wildman–Crippen MR) is 84.0 cm³/mol. The molecule has 0 bridgehead atoms. The zero-order valence-electron chi connectivity index (χ0n) is 12.3. The van der Waals surface area contributed by atoms with E-state index < -0.39 is 0 Å². The molecule has 1 aliphatic rings. The Labute approximate surface area is 121 Å². The Morgan fingerprint density at radius 2 is 2.05 bits per heavy atom. The van der Waals surface area contributed by atoms with Crippen LogP contribution in [-0.2, 0) is 6.42 Å². The first-order valence-corrected chi connectivity index (χ1v) is 8.55. The summed E-state index contributed by atoms with van der Waals surface area (Å²) >= 11 is 1.87. The highest BCUT2D eigenvalue weighted by Crippen LogP contribution is 2.35. The lowest BCUT2D eigenvalue weighted by molar-refractivity contribution is 0.170. The van der Waals surface area contributed by atoms with Crippen LogP contribution in [0.15, 0.2) is 17.5 Å². The van der Waals surface area contributed by atoms with Gasteiger partial charge >= 0.3 is 0 Å². The van der Waals surface area contributed by atoms with Crippen LogP contribution in [0.3, 0.4) is 0 Å². The summed E-state index contributed by atoms with van der Waals surface area (Å²) in [5.41, 5.74) is 3.10. The molecule has 2 rings (SSSR count). The lowest BCUT2D eigenvalue weighted by atomic mass is 9.73. The molecule has 1 fully saturated rings. The molecule has 0 spiro atoms. The van der Waals surface area contributed by atoms with Crippen molar-refractivity contribution in [1.82, 2.24) is 5.43 Å². The summed E-state index contributed by atoms with van der Waals surface area (Å²) in [5.74, 6) is 8.30. The molecular weight excluding hydrogens is 252 g/mol. The summed E-state index contributed by atoms with van der Waals surface area (Å²) in [6, 6.07) is 4.88. The summed E-state index contributed by atoms with van der Waals surface area (Å²) in [4.78, 5) is 1.50. The van der Waals surface area contributed by atoms with E-state index in [0.29, 0.717) is 6.04 Å². The van der Waals surface area contributed by atoms with Gasteiger partial charge in [0.25, 0.3) is 0 Å². The number of rotatable bonds is 6. The third kappa shape index (κ3) is 4.59. The van der Waals surface area contributed by atoms with Crippen LogP contribution in [0, 0.1) is 17.8 Å². The lowest BCUT2D eigenvalue weighted by Crippen LogP contribution is -2.43. The smallest absolute Gasteiger partial charge is 0.0239 e. The van der Waals surface area contributed by atoms with Gasteiger partial charge in [-0.25, -0.2) is 0 Å². The van der Waals surface area contributed by atoms with Crippen LogP contribution in [0.5, 0.6) is 0 Å². The number of nitrogens with two attached hydrogens (primary N) is 1. The van der Waals surface area contributed by atoms with Crippen LogP contribution < -0.4 is 11.3 Å². The largest absolute Gasteiger partial charge is 0.271 e. The van der Waals surface area contributed by atoms with Crippen molar-refractivity contribution in [2.45, 2.75) is 58.4 Å². The van der Waals surface area contributed by atoms with Crippen LogP contribution in [0.2, 0.25) is 0 Å². The van der Waals surface area contributed by atoms with Crippen molar-refractivity contribution in [1.29, 1.82) is 0 Å². The van der Waals surface area contributed by atoms with Crippen molar-refractivity contribution in [3.8, 4) is 0 Å². The van der Waals surface area contributed by atoms with E-state index in [1.807, 2.05) is 11.3 Å². The molecule has 0 aliphatic heterocycles. The van der Waals surface area contributed by atoms with Gasteiger partial charge in [-0.3, -0.25) is 11.3 Å². The van der Waals surface area contributed by atoms with E-state index in [-0.39, 0.29) is 0 Å². The van der Waals surface area contributed by atoms with Crippen LogP contribution >= 0.6 is 11.3 Å². The molecule has 1 aromatic heterocycles. The van der Waals surface area contributed by atoms with E-state index >= 15 is 0 Å². The molecule has 108 valence electrons. The number of hydrazine groups is 1. The van der Waals surface area contributed by atoms with Gasteiger partial charge in [-0.05, 0) is 67.7 Å². The highest BCUT2D eigenvalue weighted by atomic mass is 32.1. The normalized spacial score (nSPS) is 29.3. The molecule has 0 saturated heterocycles. The van der Waals surface area contributed by atoms with Gasteiger partial charge in [-0.1, -0.05) is 19.9 Å². The number of nitrogens with one attached hydrogen (secondary N) is 1. The number of aryl methyl sites for hydroxylation is 1. The highest BCUT2D eigenvalue weighted by Gasteiger charge is 2.29.